The summed E-state index contributed by atoms with van der Waals surface area (Å²) in [7, 11) is 0. The van der Waals surface area contributed by atoms with Crippen LogP contribution in [0.4, 0.5) is 5.69 Å². The van der Waals surface area contributed by atoms with Crippen LogP contribution >= 0.6 is 23.1 Å². The van der Waals surface area contributed by atoms with E-state index in [2.05, 4.69) is 22.5 Å². The molecule has 28 heavy (non-hydrogen) atoms. The number of piperidine rings is 3. The predicted molar refractivity (Wildman–Crippen MR) is 114 cm³/mol. The van der Waals surface area contributed by atoms with Gasteiger partial charge in [0, 0.05) is 29.6 Å². The van der Waals surface area contributed by atoms with E-state index in [4.69, 9.17) is 0 Å². The highest BCUT2D eigenvalue weighted by Crippen LogP contribution is 2.35. The molecule has 3 fully saturated rings. The van der Waals surface area contributed by atoms with Gasteiger partial charge in [0.05, 0.1) is 9.09 Å². The van der Waals surface area contributed by atoms with Crippen LogP contribution in [0.1, 0.15) is 36.4 Å². The van der Waals surface area contributed by atoms with Gasteiger partial charge >= 0.3 is 0 Å². The van der Waals surface area contributed by atoms with E-state index >= 15 is 0 Å². The maximum atomic E-state index is 12.8. The lowest BCUT2D eigenvalue weighted by atomic mass is 9.79. The van der Waals surface area contributed by atoms with Gasteiger partial charge in [0.1, 0.15) is 0 Å². The van der Waals surface area contributed by atoms with Crippen LogP contribution in [0.15, 0.2) is 45.5 Å². The molecule has 2 atom stereocenters. The van der Waals surface area contributed by atoms with E-state index in [0.717, 1.165) is 32.8 Å². The molecule has 7 heteroatoms. The Morgan fingerprint density at radius 2 is 1.96 bits per heavy atom. The van der Waals surface area contributed by atoms with Crippen molar-refractivity contribution in [3.05, 3.63) is 41.3 Å². The molecule has 0 spiro atoms. The third-order valence-electron chi connectivity index (χ3n) is 5.65. The number of nitrogens with one attached hydrogen (secondary N) is 2. The Morgan fingerprint density at radius 1 is 1.18 bits per heavy atom. The van der Waals surface area contributed by atoms with Gasteiger partial charge in [0.2, 0.25) is 5.91 Å². The number of fused-ring (bicyclic) bond motifs is 3. The second-order valence-corrected chi connectivity index (χ2v) is 10.0. The van der Waals surface area contributed by atoms with Gasteiger partial charge in [-0.2, -0.15) is 0 Å². The molecule has 0 saturated carbocycles. The van der Waals surface area contributed by atoms with Crippen LogP contribution in [-0.2, 0) is 4.79 Å². The van der Waals surface area contributed by atoms with Gasteiger partial charge in [0.25, 0.3) is 5.91 Å². The first-order chi connectivity index (χ1) is 13.5. The molecule has 2 unspecified atom stereocenters. The third-order valence-corrected chi connectivity index (χ3v) is 7.86. The summed E-state index contributed by atoms with van der Waals surface area (Å²) in [6.45, 7) is 6.05. The lowest BCUT2D eigenvalue weighted by Gasteiger charge is -2.49. The van der Waals surface area contributed by atoms with Gasteiger partial charge < -0.3 is 10.6 Å². The van der Waals surface area contributed by atoms with Gasteiger partial charge in [-0.1, -0.05) is 17.8 Å². The van der Waals surface area contributed by atoms with E-state index in [0.29, 0.717) is 12.0 Å². The average Bonchev–Trinajstić information content (AvgIpc) is 3.13. The summed E-state index contributed by atoms with van der Waals surface area (Å²) in [4.78, 5) is 28.3. The molecule has 2 amide bonds. The van der Waals surface area contributed by atoms with Crippen LogP contribution in [0, 0.1) is 5.92 Å². The SMILES string of the molecule is CC(=O)Nc1cccc(Sc2ccc(C(=O)NC3C4CCN(CC4)C3C)s2)c1. The molecule has 2 aromatic rings. The third kappa shape index (κ3) is 4.26. The Labute approximate surface area is 173 Å². The fourth-order valence-corrected chi connectivity index (χ4v) is 6.29. The molecule has 148 valence electrons. The minimum Gasteiger partial charge on any atom is -0.347 e. The molecule has 0 radical (unpaired) electrons. The van der Waals surface area contributed by atoms with E-state index in [1.54, 1.807) is 11.8 Å². The molecule has 4 heterocycles. The second kappa shape index (κ2) is 8.27. The first kappa shape index (κ1) is 19.5. The summed E-state index contributed by atoms with van der Waals surface area (Å²) in [5, 5.41) is 6.10. The number of hydrogen-bond acceptors (Lipinski definition) is 5. The van der Waals surface area contributed by atoms with Gasteiger partial charge in [-0.25, -0.2) is 0 Å². The number of nitrogens with zero attached hydrogens (tertiary/aromatic N) is 1. The molecular weight excluding hydrogens is 390 g/mol. The number of carbonyl (C=O) groups excluding carboxylic acids is 2. The number of thiophene rings is 1. The quantitative estimate of drug-likeness (QED) is 0.773. The number of benzene rings is 1. The smallest absolute Gasteiger partial charge is 0.261 e. The normalized spacial score (nSPS) is 26.1. The van der Waals surface area contributed by atoms with Crippen molar-refractivity contribution < 1.29 is 9.59 Å². The van der Waals surface area contributed by atoms with Crippen LogP contribution in [-0.4, -0.2) is 41.9 Å². The summed E-state index contributed by atoms with van der Waals surface area (Å²) >= 11 is 3.12. The molecule has 5 nitrogen and oxygen atoms in total. The molecule has 5 rings (SSSR count). The first-order valence-electron chi connectivity index (χ1n) is 9.70. The highest BCUT2D eigenvalue weighted by molar-refractivity contribution is 8.01. The van der Waals surface area contributed by atoms with E-state index in [9.17, 15) is 9.59 Å². The minimum atomic E-state index is -0.0841. The summed E-state index contributed by atoms with van der Waals surface area (Å²) in [5.41, 5.74) is 0.781. The zero-order chi connectivity index (χ0) is 19.7. The Kier molecular flexibility index (Phi) is 5.75. The Balaban J connectivity index is 1.40. The first-order valence-corrected chi connectivity index (χ1v) is 11.3. The van der Waals surface area contributed by atoms with E-state index in [1.807, 2.05) is 36.4 Å². The zero-order valence-electron chi connectivity index (χ0n) is 16.1. The monoisotopic (exact) mass is 415 g/mol. The van der Waals surface area contributed by atoms with Crippen molar-refractivity contribution in [2.24, 2.45) is 5.92 Å². The summed E-state index contributed by atoms with van der Waals surface area (Å²) in [5.74, 6) is 0.558. The number of anilines is 1. The lowest BCUT2D eigenvalue weighted by Crippen LogP contribution is -2.62. The van der Waals surface area contributed by atoms with Crippen LogP contribution < -0.4 is 10.6 Å². The summed E-state index contributed by atoms with van der Waals surface area (Å²) in [6, 6.07) is 12.3. The molecule has 2 bridgehead atoms. The van der Waals surface area contributed by atoms with Gasteiger partial charge in [-0.15, -0.1) is 11.3 Å². The largest absolute Gasteiger partial charge is 0.347 e. The fraction of sp³-hybridized carbons (Fsp3) is 0.429. The number of amides is 2. The molecule has 2 N–H and O–H groups in total. The van der Waals surface area contributed by atoms with Crippen molar-refractivity contribution in [1.82, 2.24) is 10.2 Å². The van der Waals surface area contributed by atoms with Gasteiger partial charge in [0.15, 0.2) is 0 Å². The van der Waals surface area contributed by atoms with Crippen molar-refractivity contribution in [2.45, 2.75) is 47.9 Å². The highest BCUT2D eigenvalue weighted by atomic mass is 32.2. The van der Waals surface area contributed by atoms with E-state index in [-0.39, 0.29) is 17.9 Å². The number of hydrogen-bond donors (Lipinski definition) is 2. The van der Waals surface area contributed by atoms with Crippen molar-refractivity contribution in [2.75, 3.05) is 18.4 Å². The Morgan fingerprint density at radius 3 is 2.68 bits per heavy atom. The Hall–Kier alpha value is -1.83. The molecule has 1 aromatic heterocycles. The number of carbonyl (C=O) groups is 2. The predicted octanol–water partition coefficient (Wildman–Crippen LogP) is 4.07. The maximum absolute atomic E-state index is 12.8. The van der Waals surface area contributed by atoms with Crippen LogP contribution in [0.25, 0.3) is 0 Å². The topological polar surface area (TPSA) is 61.4 Å². The zero-order valence-corrected chi connectivity index (χ0v) is 17.7. The molecule has 3 aliphatic heterocycles. The fourth-order valence-electron chi connectivity index (χ4n) is 4.22. The van der Waals surface area contributed by atoms with Gasteiger partial charge in [-0.3, -0.25) is 14.5 Å². The van der Waals surface area contributed by atoms with Crippen LogP contribution in [0.5, 0.6) is 0 Å². The molecule has 3 aliphatic rings. The van der Waals surface area contributed by atoms with E-state index in [1.165, 1.54) is 31.1 Å². The molecule has 1 aromatic carbocycles. The van der Waals surface area contributed by atoms with Crippen molar-refractivity contribution in [3.8, 4) is 0 Å². The van der Waals surface area contributed by atoms with Gasteiger partial charge in [-0.05, 0) is 69.1 Å². The standard InChI is InChI=1S/C21H25N3O2S2/c1-13-20(15-8-10-24(13)11-9-15)23-21(26)18-6-7-19(28-18)27-17-5-3-4-16(12-17)22-14(2)25/h3-7,12-13,15,20H,8-11H2,1-2H3,(H,22,25)(H,23,26). The van der Waals surface area contributed by atoms with Crippen molar-refractivity contribution >= 4 is 40.6 Å². The van der Waals surface area contributed by atoms with Crippen molar-refractivity contribution in [1.29, 1.82) is 0 Å². The second-order valence-electron chi connectivity index (χ2n) is 7.54. The van der Waals surface area contributed by atoms with Crippen LogP contribution in [0.2, 0.25) is 0 Å². The maximum Gasteiger partial charge on any atom is 0.261 e. The van der Waals surface area contributed by atoms with E-state index < -0.39 is 0 Å². The lowest BCUT2D eigenvalue weighted by molar-refractivity contribution is -0.114. The number of rotatable bonds is 5. The average molecular weight is 416 g/mol. The minimum absolute atomic E-state index is 0.0365. The highest BCUT2D eigenvalue weighted by Gasteiger charge is 2.40. The van der Waals surface area contributed by atoms with Crippen molar-refractivity contribution in [3.63, 3.8) is 0 Å². The Bertz CT molecular complexity index is 872. The summed E-state index contributed by atoms with van der Waals surface area (Å²) in [6.07, 6.45) is 2.37. The van der Waals surface area contributed by atoms with Crippen LogP contribution in [0.3, 0.4) is 0 Å². The summed E-state index contributed by atoms with van der Waals surface area (Å²) < 4.78 is 1.06. The molecule has 0 aliphatic carbocycles. The molecular formula is C21H25N3O2S2. The molecule has 3 saturated heterocycles.